The monoisotopic (exact) mass is 379 g/mol. The van der Waals surface area contributed by atoms with Crippen LogP contribution in [0.5, 0.6) is 0 Å². The van der Waals surface area contributed by atoms with Crippen LogP contribution in [-0.2, 0) is 17.4 Å². The third kappa shape index (κ3) is 4.99. The van der Waals surface area contributed by atoms with Crippen molar-refractivity contribution in [2.24, 2.45) is 0 Å². The summed E-state index contributed by atoms with van der Waals surface area (Å²) in [4.78, 5) is 16.4. The van der Waals surface area contributed by atoms with E-state index in [1.807, 2.05) is 19.9 Å². The minimum atomic E-state index is -4.47. The van der Waals surface area contributed by atoms with E-state index in [9.17, 15) is 23.2 Å². The van der Waals surface area contributed by atoms with Gasteiger partial charge in [0.2, 0.25) is 5.91 Å². The lowest BCUT2D eigenvalue weighted by Crippen LogP contribution is -2.15. The second-order valence-corrected chi connectivity index (χ2v) is 6.45. The fourth-order valence-electron chi connectivity index (χ4n) is 2.28. The Kier molecular flexibility index (Phi) is 6.27. The lowest BCUT2D eigenvalue weighted by molar-refractivity contribution is -0.137. The number of amides is 1. The van der Waals surface area contributed by atoms with E-state index in [1.165, 1.54) is 12.1 Å². The van der Waals surface area contributed by atoms with Gasteiger partial charge < -0.3 is 5.32 Å². The summed E-state index contributed by atoms with van der Waals surface area (Å²) in [5, 5.41) is 12.1. The zero-order valence-corrected chi connectivity index (χ0v) is 15.0. The largest absolute Gasteiger partial charge is 0.416 e. The molecule has 0 aliphatic rings. The van der Waals surface area contributed by atoms with Gasteiger partial charge in [-0.1, -0.05) is 24.8 Å². The normalized spacial score (nSPS) is 11.1. The predicted molar refractivity (Wildman–Crippen MR) is 93.9 cm³/mol. The smallest absolute Gasteiger partial charge is 0.325 e. The molecule has 0 spiro atoms. The molecule has 0 unspecified atom stereocenters. The van der Waals surface area contributed by atoms with E-state index >= 15 is 0 Å². The zero-order chi connectivity index (χ0) is 19.3. The molecule has 8 heteroatoms. The minimum Gasteiger partial charge on any atom is -0.325 e. The van der Waals surface area contributed by atoms with Gasteiger partial charge in [0, 0.05) is 11.4 Å². The summed E-state index contributed by atoms with van der Waals surface area (Å²) in [6.45, 7) is 3.80. The fraction of sp³-hybridized carbons (Fsp3) is 0.278. The Morgan fingerprint density at radius 2 is 2.08 bits per heavy atom. The molecule has 0 atom stereocenters. The van der Waals surface area contributed by atoms with Gasteiger partial charge in [-0.25, -0.2) is 4.98 Å². The minimum absolute atomic E-state index is 0.0653. The molecule has 0 aliphatic carbocycles. The van der Waals surface area contributed by atoms with Crippen molar-refractivity contribution in [3.05, 3.63) is 52.7 Å². The summed E-state index contributed by atoms with van der Waals surface area (Å²) in [5.74, 6) is -0.539. The van der Waals surface area contributed by atoms with Crippen molar-refractivity contribution in [1.82, 2.24) is 4.98 Å². The number of aryl methyl sites for hydroxylation is 2. The first-order valence-corrected chi connectivity index (χ1v) is 8.73. The third-order valence-electron chi connectivity index (χ3n) is 3.55. The zero-order valence-electron chi connectivity index (χ0n) is 14.1. The summed E-state index contributed by atoms with van der Waals surface area (Å²) < 4.78 is 38.1. The molecule has 0 fully saturated rings. The van der Waals surface area contributed by atoms with Gasteiger partial charge >= 0.3 is 6.18 Å². The number of nitrogens with zero attached hydrogens (tertiary/aromatic N) is 2. The Labute approximate surface area is 153 Å². The number of alkyl halides is 3. The first kappa shape index (κ1) is 19.8. The fourth-order valence-corrected chi connectivity index (χ4v) is 3.06. The van der Waals surface area contributed by atoms with E-state index in [2.05, 4.69) is 10.3 Å². The van der Waals surface area contributed by atoms with Crippen LogP contribution >= 0.6 is 11.8 Å². The van der Waals surface area contributed by atoms with Gasteiger partial charge in [-0.3, -0.25) is 4.79 Å². The van der Waals surface area contributed by atoms with Gasteiger partial charge in [0.1, 0.15) is 11.1 Å². The number of nitrogens with one attached hydrogen (secondary N) is 1. The quantitative estimate of drug-likeness (QED) is 0.773. The highest BCUT2D eigenvalue weighted by atomic mass is 32.2. The van der Waals surface area contributed by atoms with E-state index in [0.29, 0.717) is 17.0 Å². The lowest BCUT2D eigenvalue weighted by atomic mass is 10.1. The Morgan fingerprint density at radius 3 is 2.69 bits per heavy atom. The topological polar surface area (TPSA) is 65.8 Å². The SMILES string of the molecule is CCc1nc(SCC(=O)Nc2cccc(C(F)(F)F)c2)c(C#N)cc1C. The molecule has 0 radical (unpaired) electrons. The Balaban J connectivity index is 2.07. The van der Waals surface area contributed by atoms with Gasteiger partial charge in [0.25, 0.3) is 0 Å². The van der Waals surface area contributed by atoms with Crippen LogP contribution < -0.4 is 5.32 Å². The van der Waals surface area contributed by atoms with Gasteiger partial charge in [-0.05, 0) is 43.2 Å². The molecule has 0 bridgehead atoms. The van der Waals surface area contributed by atoms with Crippen LogP contribution in [-0.4, -0.2) is 16.6 Å². The molecule has 2 aromatic rings. The number of halogens is 3. The van der Waals surface area contributed by atoms with Crippen molar-refractivity contribution >= 4 is 23.4 Å². The number of anilines is 1. The summed E-state index contributed by atoms with van der Waals surface area (Å²) in [5.41, 5.74) is 1.35. The average molecular weight is 379 g/mol. The van der Waals surface area contributed by atoms with Crippen LogP contribution in [0.3, 0.4) is 0 Å². The van der Waals surface area contributed by atoms with Gasteiger partial charge in [0.05, 0.1) is 16.9 Å². The summed E-state index contributed by atoms with van der Waals surface area (Å²) in [7, 11) is 0. The van der Waals surface area contributed by atoms with E-state index in [0.717, 1.165) is 35.2 Å². The van der Waals surface area contributed by atoms with Crippen molar-refractivity contribution in [2.45, 2.75) is 31.5 Å². The van der Waals surface area contributed by atoms with Crippen LogP contribution in [0.4, 0.5) is 18.9 Å². The maximum Gasteiger partial charge on any atom is 0.416 e. The Morgan fingerprint density at radius 1 is 1.35 bits per heavy atom. The number of thioether (sulfide) groups is 1. The molecule has 26 heavy (non-hydrogen) atoms. The number of pyridine rings is 1. The van der Waals surface area contributed by atoms with E-state index in [4.69, 9.17) is 0 Å². The van der Waals surface area contributed by atoms with Crippen molar-refractivity contribution in [3.8, 4) is 6.07 Å². The molecule has 0 saturated carbocycles. The first-order chi connectivity index (χ1) is 12.2. The van der Waals surface area contributed by atoms with Crippen LogP contribution in [0.2, 0.25) is 0 Å². The highest BCUT2D eigenvalue weighted by Gasteiger charge is 2.30. The molecule has 4 nitrogen and oxygen atoms in total. The molecular weight excluding hydrogens is 363 g/mol. The summed E-state index contributed by atoms with van der Waals surface area (Å²) in [6, 6.07) is 8.20. The van der Waals surface area contributed by atoms with Crippen molar-refractivity contribution < 1.29 is 18.0 Å². The summed E-state index contributed by atoms with van der Waals surface area (Å²) in [6.07, 6.45) is -3.78. The molecule has 1 aromatic carbocycles. The molecule has 1 aromatic heterocycles. The van der Waals surface area contributed by atoms with E-state index < -0.39 is 17.6 Å². The molecular formula is C18H16F3N3OS. The maximum absolute atomic E-state index is 12.7. The number of carbonyl (C=O) groups is 1. The van der Waals surface area contributed by atoms with Gasteiger partial charge in [-0.15, -0.1) is 0 Å². The second-order valence-electron chi connectivity index (χ2n) is 5.49. The molecule has 0 aliphatic heterocycles. The maximum atomic E-state index is 12.7. The van der Waals surface area contributed by atoms with Crippen LogP contribution in [0.1, 0.15) is 29.3 Å². The van der Waals surface area contributed by atoms with Crippen molar-refractivity contribution in [2.75, 3.05) is 11.1 Å². The van der Waals surface area contributed by atoms with Crippen molar-refractivity contribution in [1.29, 1.82) is 5.26 Å². The molecule has 136 valence electrons. The second kappa shape index (κ2) is 8.23. The van der Waals surface area contributed by atoms with Crippen LogP contribution in [0.25, 0.3) is 0 Å². The Bertz CT molecular complexity index is 860. The van der Waals surface area contributed by atoms with Gasteiger partial charge in [-0.2, -0.15) is 18.4 Å². The highest BCUT2D eigenvalue weighted by Crippen LogP contribution is 2.30. The molecule has 2 rings (SSSR count). The van der Waals surface area contributed by atoms with Crippen LogP contribution in [0.15, 0.2) is 35.4 Å². The number of aromatic nitrogens is 1. The number of hydrogen-bond donors (Lipinski definition) is 1. The van der Waals surface area contributed by atoms with Gasteiger partial charge in [0.15, 0.2) is 0 Å². The average Bonchev–Trinajstić information content (AvgIpc) is 2.59. The number of benzene rings is 1. The first-order valence-electron chi connectivity index (χ1n) is 7.75. The number of rotatable bonds is 5. The lowest BCUT2D eigenvalue weighted by Gasteiger charge is -2.10. The van der Waals surface area contributed by atoms with Crippen molar-refractivity contribution in [3.63, 3.8) is 0 Å². The number of nitriles is 1. The molecule has 0 saturated heterocycles. The summed E-state index contributed by atoms with van der Waals surface area (Å²) >= 11 is 1.08. The standard InChI is InChI=1S/C18H16F3N3OS/c1-3-15-11(2)7-12(9-22)17(24-15)26-10-16(25)23-14-6-4-5-13(8-14)18(19,20)21/h4-8H,3,10H2,1-2H3,(H,23,25). The van der Waals surface area contributed by atoms with E-state index in [1.54, 1.807) is 6.07 Å². The predicted octanol–water partition coefficient (Wildman–Crippen LogP) is 4.57. The molecule has 1 amide bonds. The number of carbonyl (C=O) groups excluding carboxylic acids is 1. The number of hydrogen-bond acceptors (Lipinski definition) is 4. The van der Waals surface area contributed by atoms with E-state index in [-0.39, 0.29) is 11.4 Å². The third-order valence-corrected chi connectivity index (χ3v) is 4.54. The van der Waals surface area contributed by atoms with Crippen LogP contribution in [0, 0.1) is 18.3 Å². The molecule has 1 heterocycles. The highest BCUT2D eigenvalue weighted by molar-refractivity contribution is 8.00. The molecule has 1 N–H and O–H groups in total. The Hall–Kier alpha value is -2.53.